The second-order valence-corrected chi connectivity index (χ2v) is 6.76. The van der Waals surface area contributed by atoms with Crippen LogP contribution in [0.2, 0.25) is 0 Å². The summed E-state index contributed by atoms with van der Waals surface area (Å²) in [6, 6.07) is 2.37. The number of amides is 1. The number of carbonyl (C=O) groups is 2. The van der Waals surface area contributed by atoms with Gasteiger partial charge in [0.25, 0.3) is 5.91 Å². The summed E-state index contributed by atoms with van der Waals surface area (Å²) in [5, 5.41) is 11.9. The van der Waals surface area contributed by atoms with Crippen LogP contribution >= 0.6 is 0 Å². The zero-order valence-corrected chi connectivity index (χ0v) is 15.2. The minimum atomic E-state index is -1.08. The van der Waals surface area contributed by atoms with Crippen LogP contribution in [0.1, 0.15) is 48.7 Å². The van der Waals surface area contributed by atoms with Crippen molar-refractivity contribution in [1.29, 1.82) is 0 Å². The van der Waals surface area contributed by atoms with Gasteiger partial charge in [-0.2, -0.15) is 0 Å². The van der Waals surface area contributed by atoms with E-state index in [1.807, 2.05) is 34.6 Å². The maximum Gasteiger partial charge on any atom is 0.326 e. The summed E-state index contributed by atoms with van der Waals surface area (Å²) >= 11 is 0. The average molecular weight is 337 g/mol. The Hall–Kier alpha value is -2.08. The lowest BCUT2D eigenvalue weighted by Crippen LogP contribution is -2.42. The second-order valence-electron chi connectivity index (χ2n) is 6.76. The molecule has 24 heavy (non-hydrogen) atoms. The molecule has 0 aliphatic carbocycles. The highest BCUT2D eigenvalue weighted by Gasteiger charge is 2.22. The molecule has 0 aliphatic rings. The normalized spacial score (nSPS) is 12.6. The molecule has 134 valence electrons. The minimum Gasteiger partial charge on any atom is -0.496 e. The first-order valence-electron chi connectivity index (χ1n) is 7.88. The fourth-order valence-electron chi connectivity index (χ4n) is 2.39. The van der Waals surface area contributed by atoms with Crippen LogP contribution in [-0.4, -0.2) is 42.3 Å². The van der Waals surface area contributed by atoms with Crippen molar-refractivity contribution < 1.29 is 24.2 Å². The number of aliphatic carboxylic acids is 1. The molecule has 0 heterocycles. The molecule has 0 radical (unpaired) electrons. The smallest absolute Gasteiger partial charge is 0.326 e. The Labute approximate surface area is 143 Å². The maximum atomic E-state index is 12.4. The molecule has 6 heteroatoms. The third kappa shape index (κ3) is 5.85. The molecular formula is C18H27NO5. The van der Waals surface area contributed by atoms with E-state index in [0.717, 1.165) is 16.9 Å². The second kappa shape index (κ2) is 8.15. The van der Waals surface area contributed by atoms with Gasteiger partial charge < -0.3 is 19.9 Å². The summed E-state index contributed by atoms with van der Waals surface area (Å²) < 4.78 is 10.8. The highest BCUT2D eigenvalue weighted by molar-refractivity contribution is 5.97. The molecule has 0 bridgehead atoms. The van der Waals surface area contributed by atoms with Crippen molar-refractivity contribution in [3.8, 4) is 5.75 Å². The van der Waals surface area contributed by atoms with Gasteiger partial charge in [-0.15, -0.1) is 0 Å². The Balaban J connectivity index is 2.80. The Morgan fingerprint density at radius 1 is 1.21 bits per heavy atom. The molecule has 0 aromatic heterocycles. The van der Waals surface area contributed by atoms with Crippen molar-refractivity contribution in [2.24, 2.45) is 0 Å². The molecule has 1 unspecified atom stereocenters. The van der Waals surface area contributed by atoms with Crippen LogP contribution in [-0.2, 0) is 9.53 Å². The molecule has 1 atom stereocenters. The number of carbonyl (C=O) groups excluding carboxylic acids is 1. The van der Waals surface area contributed by atoms with Crippen molar-refractivity contribution >= 4 is 11.9 Å². The summed E-state index contributed by atoms with van der Waals surface area (Å²) in [5.41, 5.74) is 1.71. The van der Waals surface area contributed by atoms with Gasteiger partial charge in [0.2, 0.25) is 0 Å². The Bertz CT molecular complexity index is 581. The molecule has 0 spiro atoms. The third-order valence-electron chi connectivity index (χ3n) is 3.47. The van der Waals surface area contributed by atoms with Crippen molar-refractivity contribution in [1.82, 2.24) is 5.32 Å². The predicted octanol–water partition coefficient (Wildman–Crippen LogP) is 2.70. The first-order chi connectivity index (χ1) is 11.0. The predicted molar refractivity (Wildman–Crippen MR) is 91.7 cm³/mol. The van der Waals surface area contributed by atoms with Gasteiger partial charge in [-0.25, -0.2) is 4.79 Å². The summed E-state index contributed by atoms with van der Waals surface area (Å²) in [6.07, 6.45) is 0.201. The van der Waals surface area contributed by atoms with E-state index in [1.54, 1.807) is 19.2 Å². The number of methoxy groups -OCH3 is 1. The lowest BCUT2D eigenvalue weighted by molar-refractivity contribution is -0.140. The van der Waals surface area contributed by atoms with Crippen molar-refractivity contribution in [3.05, 3.63) is 28.8 Å². The molecule has 1 amide bonds. The zero-order valence-electron chi connectivity index (χ0n) is 15.2. The SMILES string of the molecule is COc1c(C)cc(C(=O)NC(CCOC(C)(C)C)C(=O)O)cc1C. The number of carboxylic acid groups (broad SMARTS) is 1. The molecular weight excluding hydrogens is 310 g/mol. The average Bonchev–Trinajstić information content (AvgIpc) is 2.44. The van der Waals surface area contributed by atoms with E-state index >= 15 is 0 Å². The van der Waals surface area contributed by atoms with Crippen LogP contribution in [0.3, 0.4) is 0 Å². The summed E-state index contributed by atoms with van der Waals surface area (Å²) in [5.74, 6) is -0.783. The lowest BCUT2D eigenvalue weighted by atomic mass is 10.0. The lowest BCUT2D eigenvalue weighted by Gasteiger charge is -2.21. The highest BCUT2D eigenvalue weighted by Crippen LogP contribution is 2.24. The van der Waals surface area contributed by atoms with Crippen LogP contribution in [0.4, 0.5) is 0 Å². The van der Waals surface area contributed by atoms with Crippen molar-refractivity contribution in [3.63, 3.8) is 0 Å². The van der Waals surface area contributed by atoms with Gasteiger partial charge in [0.1, 0.15) is 11.8 Å². The Kier molecular flexibility index (Phi) is 6.78. The number of benzene rings is 1. The van der Waals surface area contributed by atoms with Crippen molar-refractivity contribution in [2.75, 3.05) is 13.7 Å². The molecule has 0 saturated carbocycles. The number of rotatable bonds is 7. The number of hydrogen-bond acceptors (Lipinski definition) is 4. The van der Waals surface area contributed by atoms with E-state index in [9.17, 15) is 14.7 Å². The van der Waals surface area contributed by atoms with Crippen LogP contribution in [0.15, 0.2) is 12.1 Å². The highest BCUT2D eigenvalue weighted by atomic mass is 16.5. The van der Waals surface area contributed by atoms with Crippen LogP contribution < -0.4 is 10.1 Å². The molecule has 0 saturated heterocycles. The standard InChI is InChI=1S/C18H27NO5/c1-11-9-13(10-12(2)15(11)23-6)16(20)19-14(17(21)22)7-8-24-18(3,4)5/h9-10,14H,7-8H2,1-6H3,(H,19,20)(H,21,22). The van der Waals surface area contributed by atoms with Gasteiger partial charge in [0, 0.05) is 18.6 Å². The topological polar surface area (TPSA) is 84.9 Å². The van der Waals surface area contributed by atoms with Crippen LogP contribution in [0.5, 0.6) is 5.75 Å². The van der Waals surface area contributed by atoms with Gasteiger partial charge in [-0.3, -0.25) is 4.79 Å². The van der Waals surface area contributed by atoms with E-state index in [1.165, 1.54) is 0 Å². The number of ether oxygens (including phenoxy) is 2. The summed E-state index contributed by atoms with van der Waals surface area (Å²) in [7, 11) is 1.57. The molecule has 1 aromatic carbocycles. The number of aryl methyl sites for hydroxylation is 2. The van der Waals surface area contributed by atoms with Gasteiger partial charge >= 0.3 is 5.97 Å². The van der Waals surface area contributed by atoms with Gasteiger partial charge in [-0.05, 0) is 57.9 Å². The minimum absolute atomic E-state index is 0.201. The van der Waals surface area contributed by atoms with E-state index < -0.39 is 17.9 Å². The molecule has 2 N–H and O–H groups in total. The number of hydrogen-bond donors (Lipinski definition) is 2. The summed E-state index contributed by atoms with van der Waals surface area (Å²) in [6.45, 7) is 9.61. The van der Waals surface area contributed by atoms with Crippen molar-refractivity contribution in [2.45, 2.75) is 52.7 Å². The third-order valence-corrected chi connectivity index (χ3v) is 3.47. The molecule has 0 aliphatic heterocycles. The fourth-order valence-corrected chi connectivity index (χ4v) is 2.39. The maximum absolute atomic E-state index is 12.4. The quantitative estimate of drug-likeness (QED) is 0.799. The Morgan fingerprint density at radius 3 is 2.17 bits per heavy atom. The summed E-state index contributed by atoms with van der Waals surface area (Å²) in [4.78, 5) is 23.7. The van der Waals surface area contributed by atoms with Gasteiger partial charge in [0.15, 0.2) is 0 Å². The molecule has 1 rings (SSSR count). The van der Waals surface area contributed by atoms with Gasteiger partial charge in [-0.1, -0.05) is 0 Å². The monoisotopic (exact) mass is 337 g/mol. The van der Waals surface area contributed by atoms with E-state index in [-0.39, 0.29) is 18.6 Å². The van der Waals surface area contributed by atoms with E-state index in [2.05, 4.69) is 5.32 Å². The first-order valence-corrected chi connectivity index (χ1v) is 7.88. The van der Waals surface area contributed by atoms with Gasteiger partial charge in [0.05, 0.1) is 12.7 Å². The van der Waals surface area contributed by atoms with E-state index in [0.29, 0.717) is 5.56 Å². The van der Waals surface area contributed by atoms with Crippen LogP contribution in [0.25, 0.3) is 0 Å². The molecule has 0 fully saturated rings. The molecule has 1 aromatic rings. The number of carboxylic acids is 1. The largest absolute Gasteiger partial charge is 0.496 e. The van der Waals surface area contributed by atoms with Crippen LogP contribution in [0, 0.1) is 13.8 Å². The Morgan fingerprint density at radius 2 is 1.75 bits per heavy atom. The molecule has 6 nitrogen and oxygen atoms in total. The number of nitrogens with one attached hydrogen (secondary N) is 1. The fraction of sp³-hybridized carbons (Fsp3) is 0.556. The first kappa shape index (κ1) is 20.0. The zero-order chi connectivity index (χ0) is 18.5. The van der Waals surface area contributed by atoms with E-state index in [4.69, 9.17) is 9.47 Å².